The van der Waals surface area contributed by atoms with E-state index in [4.69, 9.17) is 23.2 Å². The number of hydrogen-bond acceptors (Lipinski definition) is 2. The van der Waals surface area contributed by atoms with Gasteiger partial charge in [0, 0.05) is 28.2 Å². The van der Waals surface area contributed by atoms with Crippen molar-refractivity contribution in [3.05, 3.63) is 99.3 Å². The van der Waals surface area contributed by atoms with Gasteiger partial charge in [-0.15, -0.1) is 0 Å². The third-order valence-electron chi connectivity index (χ3n) is 4.90. The summed E-state index contributed by atoms with van der Waals surface area (Å²) >= 11 is 12.1. The largest absolute Gasteiger partial charge is 0.373 e. The van der Waals surface area contributed by atoms with Crippen LogP contribution in [-0.4, -0.2) is 11.9 Å². The molecule has 1 amide bonds. The number of hydrogen-bond donors (Lipinski definition) is 2. The van der Waals surface area contributed by atoms with Gasteiger partial charge in [-0.05, 0) is 47.0 Å². The summed E-state index contributed by atoms with van der Waals surface area (Å²) in [4.78, 5) is 13.0. The van der Waals surface area contributed by atoms with Gasteiger partial charge in [-0.1, -0.05) is 59.6 Å². The van der Waals surface area contributed by atoms with Crippen LogP contribution in [-0.2, 0) is 11.3 Å². The summed E-state index contributed by atoms with van der Waals surface area (Å²) in [6.45, 7) is 0.277. The average Bonchev–Trinajstić information content (AvgIpc) is 3.06. The van der Waals surface area contributed by atoms with E-state index in [9.17, 15) is 9.18 Å². The molecule has 142 valence electrons. The second-order valence-corrected chi connectivity index (χ2v) is 7.54. The molecule has 2 N–H and O–H groups in total. The lowest BCUT2D eigenvalue weighted by Gasteiger charge is -2.20. The van der Waals surface area contributed by atoms with Gasteiger partial charge in [0.2, 0.25) is 5.91 Å². The maximum absolute atomic E-state index is 13.9. The second-order valence-electron chi connectivity index (χ2n) is 6.70. The zero-order chi connectivity index (χ0) is 19.7. The Morgan fingerprint density at radius 2 is 1.82 bits per heavy atom. The molecule has 3 aromatic carbocycles. The molecule has 4 rings (SSSR count). The highest BCUT2D eigenvalue weighted by Crippen LogP contribution is 2.40. The van der Waals surface area contributed by atoms with Gasteiger partial charge in [-0.2, -0.15) is 0 Å². The van der Waals surface area contributed by atoms with Crippen LogP contribution in [0, 0.1) is 5.82 Å². The van der Waals surface area contributed by atoms with Gasteiger partial charge < -0.3 is 10.6 Å². The lowest BCUT2D eigenvalue weighted by Crippen LogP contribution is -2.40. The summed E-state index contributed by atoms with van der Waals surface area (Å²) in [6.07, 6.45) is 0. The molecular formula is C22H17Cl2FN2O. The molecule has 3 aromatic rings. The number of benzene rings is 3. The Balaban J connectivity index is 1.59. The molecule has 2 unspecified atom stereocenters. The Labute approximate surface area is 172 Å². The van der Waals surface area contributed by atoms with Gasteiger partial charge in [0.05, 0.1) is 0 Å². The summed E-state index contributed by atoms with van der Waals surface area (Å²) in [5, 5.41) is 7.20. The van der Waals surface area contributed by atoms with Crippen LogP contribution in [0.2, 0.25) is 10.0 Å². The molecule has 0 saturated heterocycles. The van der Waals surface area contributed by atoms with E-state index in [2.05, 4.69) is 10.6 Å². The summed E-state index contributed by atoms with van der Waals surface area (Å²) in [6, 6.07) is 18.8. The SMILES string of the molecule is O=C(NCc1ccc(Cl)cc1Cl)C1Nc2ccc(F)cc2C1c1ccccc1. The predicted octanol–water partition coefficient (Wildman–Crippen LogP) is 5.37. The maximum atomic E-state index is 13.9. The number of halogens is 3. The van der Waals surface area contributed by atoms with E-state index in [0.717, 1.165) is 22.4 Å². The molecule has 1 aliphatic rings. The van der Waals surface area contributed by atoms with Gasteiger partial charge in [-0.25, -0.2) is 4.39 Å². The van der Waals surface area contributed by atoms with Crippen molar-refractivity contribution in [1.82, 2.24) is 5.32 Å². The first kappa shape index (κ1) is 18.8. The topological polar surface area (TPSA) is 41.1 Å². The highest BCUT2D eigenvalue weighted by molar-refractivity contribution is 6.35. The van der Waals surface area contributed by atoms with Crippen molar-refractivity contribution in [1.29, 1.82) is 0 Å². The van der Waals surface area contributed by atoms with Crippen LogP contribution in [0.5, 0.6) is 0 Å². The third kappa shape index (κ3) is 3.71. The van der Waals surface area contributed by atoms with Crippen LogP contribution in [0.3, 0.4) is 0 Å². The fraction of sp³-hybridized carbons (Fsp3) is 0.136. The smallest absolute Gasteiger partial charge is 0.243 e. The lowest BCUT2D eigenvalue weighted by molar-refractivity contribution is -0.122. The van der Waals surface area contributed by atoms with Crippen LogP contribution in [0.4, 0.5) is 10.1 Å². The van der Waals surface area contributed by atoms with Crippen LogP contribution in [0.1, 0.15) is 22.6 Å². The lowest BCUT2D eigenvalue weighted by atomic mass is 9.87. The minimum Gasteiger partial charge on any atom is -0.373 e. The molecule has 2 atom stereocenters. The quantitative estimate of drug-likeness (QED) is 0.601. The van der Waals surface area contributed by atoms with Crippen molar-refractivity contribution in [2.24, 2.45) is 0 Å². The van der Waals surface area contributed by atoms with E-state index in [0.29, 0.717) is 10.0 Å². The first-order valence-electron chi connectivity index (χ1n) is 8.85. The van der Waals surface area contributed by atoms with E-state index < -0.39 is 6.04 Å². The fourth-order valence-electron chi connectivity index (χ4n) is 3.56. The zero-order valence-electron chi connectivity index (χ0n) is 14.8. The van der Waals surface area contributed by atoms with E-state index in [1.54, 1.807) is 24.3 Å². The number of carbonyl (C=O) groups is 1. The first-order chi connectivity index (χ1) is 13.5. The zero-order valence-corrected chi connectivity index (χ0v) is 16.3. The summed E-state index contributed by atoms with van der Waals surface area (Å²) in [5.41, 5.74) is 3.26. The monoisotopic (exact) mass is 414 g/mol. The molecular weight excluding hydrogens is 398 g/mol. The molecule has 0 radical (unpaired) electrons. The van der Waals surface area contributed by atoms with E-state index >= 15 is 0 Å². The van der Waals surface area contributed by atoms with E-state index in [1.165, 1.54) is 12.1 Å². The molecule has 0 bridgehead atoms. The molecule has 0 aliphatic carbocycles. The van der Waals surface area contributed by atoms with Gasteiger partial charge in [0.1, 0.15) is 11.9 Å². The average molecular weight is 415 g/mol. The molecule has 3 nitrogen and oxygen atoms in total. The molecule has 1 aliphatic heterocycles. The fourth-order valence-corrected chi connectivity index (χ4v) is 4.03. The Morgan fingerprint density at radius 1 is 1.04 bits per heavy atom. The third-order valence-corrected chi connectivity index (χ3v) is 5.49. The summed E-state index contributed by atoms with van der Waals surface area (Å²) in [5.74, 6) is -0.792. The number of anilines is 1. The molecule has 0 aromatic heterocycles. The van der Waals surface area contributed by atoms with Gasteiger partial charge in [0.25, 0.3) is 0 Å². The van der Waals surface area contributed by atoms with Gasteiger partial charge in [0.15, 0.2) is 0 Å². The number of fused-ring (bicyclic) bond motifs is 1. The molecule has 0 saturated carbocycles. The standard InChI is InChI=1S/C22H17Cl2FN2O/c23-15-7-6-14(18(24)10-15)12-26-22(28)21-20(13-4-2-1-3-5-13)17-11-16(25)8-9-19(17)27-21/h1-11,20-21,27H,12H2,(H,26,28). The summed E-state index contributed by atoms with van der Waals surface area (Å²) < 4.78 is 13.9. The van der Waals surface area contributed by atoms with Crippen LogP contribution in [0.25, 0.3) is 0 Å². The van der Waals surface area contributed by atoms with Crippen LogP contribution in [0.15, 0.2) is 66.7 Å². The van der Waals surface area contributed by atoms with Crippen LogP contribution >= 0.6 is 23.2 Å². The maximum Gasteiger partial charge on any atom is 0.243 e. The van der Waals surface area contributed by atoms with E-state index in [-0.39, 0.29) is 24.2 Å². The number of rotatable bonds is 4. The van der Waals surface area contributed by atoms with Crippen LogP contribution < -0.4 is 10.6 Å². The molecule has 6 heteroatoms. The molecule has 28 heavy (non-hydrogen) atoms. The van der Waals surface area contributed by atoms with Crippen molar-refractivity contribution >= 4 is 34.8 Å². The minimum absolute atomic E-state index is 0.184. The Bertz CT molecular complexity index is 1030. The Kier molecular flexibility index (Phi) is 5.25. The Morgan fingerprint density at radius 3 is 2.57 bits per heavy atom. The van der Waals surface area contributed by atoms with Crippen molar-refractivity contribution in [3.63, 3.8) is 0 Å². The van der Waals surface area contributed by atoms with Crippen molar-refractivity contribution < 1.29 is 9.18 Å². The summed E-state index contributed by atoms with van der Waals surface area (Å²) in [7, 11) is 0. The normalized spacial score (nSPS) is 17.7. The number of carbonyl (C=O) groups excluding carboxylic acids is 1. The van der Waals surface area contributed by atoms with Gasteiger partial charge >= 0.3 is 0 Å². The van der Waals surface area contributed by atoms with Crippen molar-refractivity contribution in [2.45, 2.75) is 18.5 Å². The predicted molar refractivity (Wildman–Crippen MR) is 110 cm³/mol. The van der Waals surface area contributed by atoms with Gasteiger partial charge in [-0.3, -0.25) is 4.79 Å². The first-order valence-corrected chi connectivity index (χ1v) is 9.61. The Hall–Kier alpha value is -2.56. The second kappa shape index (κ2) is 7.82. The highest BCUT2D eigenvalue weighted by Gasteiger charge is 2.38. The van der Waals surface area contributed by atoms with E-state index in [1.807, 2.05) is 30.3 Å². The number of amides is 1. The van der Waals surface area contributed by atoms with Crippen molar-refractivity contribution in [3.8, 4) is 0 Å². The molecule has 0 fully saturated rings. The molecule has 0 spiro atoms. The highest BCUT2D eigenvalue weighted by atomic mass is 35.5. The number of nitrogens with one attached hydrogen (secondary N) is 2. The molecule has 1 heterocycles. The minimum atomic E-state index is -0.551. The van der Waals surface area contributed by atoms with Crippen molar-refractivity contribution in [2.75, 3.05) is 5.32 Å².